The first-order valence-corrected chi connectivity index (χ1v) is 6.46. The van der Waals surface area contributed by atoms with Gasteiger partial charge in [-0.1, -0.05) is 18.2 Å². The van der Waals surface area contributed by atoms with Crippen LogP contribution in [0.5, 0.6) is 0 Å². The molecule has 0 radical (unpaired) electrons. The number of rotatable bonds is 3. The van der Waals surface area contributed by atoms with Gasteiger partial charge in [0.25, 0.3) is 5.56 Å². The Morgan fingerprint density at radius 3 is 2.75 bits per heavy atom. The summed E-state index contributed by atoms with van der Waals surface area (Å²) in [5.74, 6) is 0. The van der Waals surface area contributed by atoms with Crippen LogP contribution in [-0.4, -0.2) is 14.3 Å². The number of anilines is 1. The average molecular weight is 268 g/mol. The number of hydrogen-bond donors (Lipinski definition) is 1. The third kappa shape index (κ3) is 2.18. The molecule has 5 heteroatoms. The molecule has 0 saturated heterocycles. The van der Waals surface area contributed by atoms with Gasteiger partial charge in [0, 0.05) is 37.4 Å². The normalized spacial score (nSPS) is 10.9. The van der Waals surface area contributed by atoms with Crippen molar-refractivity contribution in [2.45, 2.75) is 6.54 Å². The van der Waals surface area contributed by atoms with Crippen molar-refractivity contribution >= 4 is 16.6 Å². The van der Waals surface area contributed by atoms with Gasteiger partial charge in [-0.25, -0.2) is 0 Å². The summed E-state index contributed by atoms with van der Waals surface area (Å²) in [7, 11) is 3.67. The smallest absolute Gasteiger partial charge is 0.252 e. The van der Waals surface area contributed by atoms with Gasteiger partial charge in [0.15, 0.2) is 0 Å². The SMILES string of the molecule is Cn1ccc(CNc2cc(=O)n(C)c3ccccc23)n1. The van der Waals surface area contributed by atoms with Crippen LogP contribution in [0.4, 0.5) is 5.69 Å². The number of pyridine rings is 1. The Morgan fingerprint density at radius 2 is 2.00 bits per heavy atom. The third-order valence-corrected chi connectivity index (χ3v) is 3.38. The molecule has 0 saturated carbocycles. The van der Waals surface area contributed by atoms with Gasteiger partial charge in [-0.15, -0.1) is 0 Å². The van der Waals surface area contributed by atoms with Crippen molar-refractivity contribution in [3.05, 3.63) is 58.6 Å². The van der Waals surface area contributed by atoms with Crippen LogP contribution in [0.1, 0.15) is 5.69 Å². The molecule has 0 aliphatic rings. The van der Waals surface area contributed by atoms with E-state index in [1.54, 1.807) is 22.4 Å². The summed E-state index contributed by atoms with van der Waals surface area (Å²) in [5.41, 5.74) is 2.68. The Balaban J connectivity index is 1.99. The molecule has 0 fully saturated rings. The standard InChI is InChI=1S/C15H16N4O/c1-18-8-7-11(17-18)10-16-13-9-15(20)19(2)14-6-4-3-5-12(13)14/h3-9,16H,10H2,1-2H3. The molecule has 2 heterocycles. The molecule has 0 spiro atoms. The minimum absolute atomic E-state index is 0.0211. The zero-order chi connectivity index (χ0) is 14.1. The molecule has 20 heavy (non-hydrogen) atoms. The Bertz CT molecular complexity index is 816. The van der Waals surface area contributed by atoms with Crippen LogP contribution in [0.3, 0.4) is 0 Å². The first-order valence-electron chi connectivity index (χ1n) is 6.46. The van der Waals surface area contributed by atoms with E-state index in [1.165, 1.54) is 0 Å². The number of aromatic nitrogens is 3. The topological polar surface area (TPSA) is 51.9 Å². The van der Waals surface area contributed by atoms with Gasteiger partial charge in [0.1, 0.15) is 0 Å². The quantitative estimate of drug-likeness (QED) is 0.789. The number of fused-ring (bicyclic) bond motifs is 1. The molecule has 5 nitrogen and oxygen atoms in total. The number of para-hydroxylation sites is 1. The Kier molecular flexibility index (Phi) is 3.02. The lowest BCUT2D eigenvalue weighted by atomic mass is 10.2. The maximum atomic E-state index is 12.0. The highest BCUT2D eigenvalue weighted by Crippen LogP contribution is 2.21. The van der Waals surface area contributed by atoms with Crippen LogP contribution in [0.25, 0.3) is 10.9 Å². The van der Waals surface area contributed by atoms with E-state index in [0.29, 0.717) is 6.54 Å². The van der Waals surface area contributed by atoms with Crippen LogP contribution in [0.2, 0.25) is 0 Å². The lowest BCUT2D eigenvalue weighted by molar-refractivity contribution is 0.747. The van der Waals surface area contributed by atoms with Gasteiger partial charge >= 0.3 is 0 Å². The third-order valence-electron chi connectivity index (χ3n) is 3.38. The van der Waals surface area contributed by atoms with Gasteiger partial charge in [-0.05, 0) is 12.1 Å². The van der Waals surface area contributed by atoms with E-state index in [4.69, 9.17) is 0 Å². The summed E-state index contributed by atoms with van der Waals surface area (Å²) in [5, 5.41) is 8.65. The second kappa shape index (κ2) is 4.85. The lowest BCUT2D eigenvalue weighted by Crippen LogP contribution is -2.17. The van der Waals surface area contributed by atoms with E-state index >= 15 is 0 Å². The summed E-state index contributed by atoms with van der Waals surface area (Å²) in [6, 6.07) is 11.4. The van der Waals surface area contributed by atoms with E-state index in [-0.39, 0.29) is 5.56 Å². The summed E-state index contributed by atoms with van der Waals surface area (Å²) < 4.78 is 3.42. The first-order chi connectivity index (χ1) is 9.65. The highest BCUT2D eigenvalue weighted by atomic mass is 16.1. The van der Waals surface area contributed by atoms with E-state index in [0.717, 1.165) is 22.3 Å². The maximum absolute atomic E-state index is 12.0. The molecule has 0 aliphatic heterocycles. The van der Waals surface area contributed by atoms with E-state index < -0.39 is 0 Å². The molecule has 1 N–H and O–H groups in total. The van der Waals surface area contributed by atoms with Crippen molar-refractivity contribution in [1.82, 2.24) is 14.3 Å². The van der Waals surface area contributed by atoms with Gasteiger partial charge in [0.2, 0.25) is 0 Å². The maximum Gasteiger partial charge on any atom is 0.252 e. The minimum atomic E-state index is -0.0211. The van der Waals surface area contributed by atoms with Crippen molar-refractivity contribution in [2.24, 2.45) is 14.1 Å². The number of nitrogens with one attached hydrogen (secondary N) is 1. The van der Waals surface area contributed by atoms with Crippen molar-refractivity contribution in [3.8, 4) is 0 Å². The van der Waals surface area contributed by atoms with Gasteiger partial charge in [0.05, 0.1) is 17.8 Å². The summed E-state index contributed by atoms with van der Waals surface area (Å²) in [6.07, 6.45) is 1.90. The van der Waals surface area contributed by atoms with Crippen molar-refractivity contribution in [2.75, 3.05) is 5.32 Å². The first kappa shape index (κ1) is 12.5. The monoisotopic (exact) mass is 268 g/mol. The van der Waals surface area contributed by atoms with Gasteiger partial charge in [-0.3, -0.25) is 9.48 Å². The summed E-state index contributed by atoms with van der Waals surface area (Å²) >= 11 is 0. The largest absolute Gasteiger partial charge is 0.379 e. The van der Waals surface area contributed by atoms with E-state index in [9.17, 15) is 4.79 Å². The molecule has 3 aromatic rings. The molecule has 0 unspecified atom stereocenters. The van der Waals surface area contributed by atoms with Crippen LogP contribution < -0.4 is 10.9 Å². The van der Waals surface area contributed by atoms with Gasteiger partial charge in [-0.2, -0.15) is 5.10 Å². The molecule has 0 aliphatic carbocycles. The molecular formula is C15H16N4O. The average Bonchev–Trinajstić information content (AvgIpc) is 2.87. The molecular weight excluding hydrogens is 252 g/mol. The second-order valence-electron chi connectivity index (χ2n) is 4.81. The minimum Gasteiger partial charge on any atom is -0.379 e. The predicted octanol–water partition coefficient (Wildman–Crippen LogP) is 1.88. The highest BCUT2D eigenvalue weighted by molar-refractivity contribution is 5.91. The summed E-state index contributed by atoms with van der Waals surface area (Å²) in [4.78, 5) is 12.0. The van der Waals surface area contributed by atoms with Crippen LogP contribution >= 0.6 is 0 Å². The highest BCUT2D eigenvalue weighted by Gasteiger charge is 2.06. The molecule has 102 valence electrons. The number of benzene rings is 1. The summed E-state index contributed by atoms with van der Waals surface area (Å²) in [6.45, 7) is 0.595. The van der Waals surface area contributed by atoms with Gasteiger partial charge < -0.3 is 9.88 Å². The Hall–Kier alpha value is -2.56. The van der Waals surface area contributed by atoms with E-state index in [1.807, 2.05) is 43.6 Å². The fourth-order valence-corrected chi connectivity index (χ4v) is 2.30. The number of nitrogens with zero attached hydrogens (tertiary/aromatic N) is 3. The van der Waals surface area contributed by atoms with Crippen LogP contribution in [0.15, 0.2) is 47.4 Å². The Labute approximate surface area is 116 Å². The molecule has 1 aromatic carbocycles. The van der Waals surface area contributed by atoms with Crippen molar-refractivity contribution in [1.29, 1.82) is 0 Å². The van der Waals surface area contributed by atoms with Crippen LogP contribution in [0, 0.1) is 0 Å². The second-order valence-corrected chi connectivity index (χ2v) is 4.81. The molecule has 0 bridgehead atoms. The lowest BCUT2D eigenvalue weighted by Gasteiger charge is -2.11. The van der Waals surface area contributed by atoms with Crippen LogP contribution in [-0.2, 0) is 20.6 Å². The fraction of sp³-hybridized carbons (Fsp3) is 0.200. The number of aryl methyl sites for hydroxylation is 2. The molecule has 2 aromatic heterocycles. The zero-order valence-corrected chi connectivity index (χ0v) is 11.5. The molecule has 0 amide bonds. The zero-order valence-electron chi connectivity index (χ0n) is 11.5. The predicted molar refractivity (Wildman–Crippen MR) is 79.7 cm³/mol. The van der Waals surface area contributed by atoms with E-state index in [2.05, 4.69) is 10.4 Å². The molecule has 3 rings (SSSR count). The molecule has 0 atom stereocenters. The fourth-order valence-electron chi connectivity index (χ4n) is 2.30. The van der Waals surface area contributed by atoms with Crippen molar-refractivity contribution < 1.29 is 0 Å². The Morgan fingerprint density at radius 1 is 1.20 bits per heavy atom. The number of hydrogen-bond acceptors (Lipinski definition) is 3. The van der Waals surface area contributed by atoms with Crippen molar-refractivity contribution in [3.63, 3.8) is 0 Å².